The number of amides is 2. The number of hydrogen-bond acceptors (Lipinski definition) is 2. The molecule has 1 N–H and O–H groups in total. The number of urea groups is 1. The molecule has 0 radical (unpaired) electrons. The number of carbonyl (C=O) groups excluding carboxylic acids is 1. The number of hydrogen-bond donors (Lipinski definition) is 1. The average molecular weight is 496 g/mol. The molecule has 0 spiro atoms. The monoisotopic (exact) mass is 495 g/mol. The van der Waals surface area contributed by atoms with E-state index < -0.39 is 17.9 Å². The molecule has 6 nitrogen and oxygen atoms in total. The van der Waals surface area contributed by atoms with Crippen LogP contribution in [-0.4, -0.2) is 25.3 Å². The van der Waals surface area contributed by atoms with E-state index in [1.807, 2.05) is 70.9 Å². The van der Waals surface area contributed by atoms with E-state index in [4.69, 9.17) is 5.10 Å². The Labute approximate surface area is 212 Å². The summed E-state index contributed by atoms with van der Waals surface area (Å²) in [4.78, 5) is 15.5. The lowest BCUT2D eigenvalue weighted by Crippen LogP contribution is -2.38. The van der Waals surface area contributed by atoms with Crippen LogP contribution >= 0.6 is 0 Å². The molecule has 1 aliphatic heterocycles. The second-order valence-electron chi connectivity index (χ2n) is 8.96. The van der Waals surface area contributed by atoms with Gasteiger partial charge in [0.25, 0.3) is 0 Å². The number of para-hydroxylation sites is 1. The molecule has 0 unspecified atom stereocenters. The first-order valence-electron chi connectivity index (χ1n) is 11.9. The Morgan fingerprint density at radius 3 is 2.46 bits per heavy atom. The van der Waals surface area contributed by atoms with Gasteiger partial charge in [-0.15, -0.1) is 0 Å². The third kappa shape index (κ3) is 4.06. The Bertz CT molecular complexity index is 1590. The van der Waals surface area contributed by atoms with Crippen LogP contribution in [0.1, 0.15) is 28.6 Å². The highest BCUT2D eigenvalue weighted by atomic mass is 19.1. The van der Waals surface area contributed by atoms with Crippen LogP contribution < -0.4 is 5.32 Å². The third-order valence-electron chi connectivity index (χ3n) is 6.61. The summed E-state index contributed by atoms with van der Waals surface area (Å²) in [5.74, 6) is 0.0434. The zero-order valence-corrected chi connectivity index (χ0v) is 20.0. The Kier molecular flexibility index (Phi) is 5.56. The SMILES string of the molecule is Cc1nn(-c2ccccc2)c2c1CN(C(=O)Nc1ccc(F)cc1)[C@@H](c1cccc(F)c1)c1cccn1-2. The van der Waals surface area contributed by atoms with Gasteiger partial charge in [0.2, 0.25) is 0 Å². The second kappa shape index (κ2) is 9.05. The van der Waals surface area contributed by atoms with Gasteiger partial charge in [0.1, 0.15) is 17.5 Å². The summed E-state index contributed by atoms with van der Waals surface area (Å²) in [5, 5.41) is 7.70. The number of nitrogens with one attached hydrogen (secondary N) is 1. The number of aryl methyl sites for hydroxylation is 1. The van der Waals surface area contributed by atoms with Gasteiger partial charge in [-0.2, -0.15) is 5.10 Å². The number of fused-ring (bicyclic) bond motifs is 3. The van der Waals surface area contributed by atoms with Crippen molar-refractivity contribution in [2.45, 2.75) is 19.5 Å². The predicted molar refractivity (Wildman–Crippen MR) is 137 cm³/mol. The van der Waals surface area contributed by atoms with Gasteiger partial charge < -0.3 is 14.8 Å². The van der Waals surface area contributed by atoms with Gasteiger partial charge in [-0.05, 0) is 73.2 Å². The molecule has 0 saturated carbocycles. The molecular formula is C29H23F2N5O. The second-order valence-corrected chi connectivity index (χ2v) is 8.96. The van der Waals surface area contributed by atoms with Crippen LogP contribution in [0.4, 0.5) is 19.3 Å². The van der Waals surface area contributed by atoms with Crippen molar-refractivity contribution in [3.63, 3.8) is 0 Å². The van der Waals surface area contributed by atoms with Crippen LogP contribution in [-0.2, 0) is 6.54 Å². The maximum Gasteiger partial charge on any atom is 0.322 e. The van der Waals surface area contributed by atoms with Crippen molar-refractivity contribution in [2.24, 2.45) is 0 Å². The van der Waals surface area contributed by atoms with Crippen LogP contribution in [0.2, 0.25) is 0 Å². The van der Waals surface area contributed by atoms with Gasteiger partial charge in [0.05, 0.1) is 29.7 Å². The molecule has 8 heteroatoms. The zero-order valence-electron chi connectivity index (χ0n) is 20.0. The molecule has 0 aliphatic carbocycles. The number of halogens is 2. The van der Waals surface area contributed by atoms with Crippen LogP contribution in [0.15, 0.2) is 97.2 Å². The molecule has 0 fully saturated rings. The molecule has 3 heterocycles. The Morgan fingerprint density at radius 1 is 0.919 bits per heavy atom. The number of benzene rings is 3. The van der Waals surface area contributed by atoms with Crippen LogP contribution in [0.3, 0.4) is 0 Å². The Morgan fingerprint density at radius 2 is 1.70 bits per heavy atom. The van der Waals surface area contributed by atoms with Crippen molar-refractivity contribution < 1.29 is 13.6 Å². The van der Waals surface area contributed by atoms with Gasteiger partial charge in [-0.3, -0.25) is 0 Å². The number of carbonyl (C=O) groups is 1. The summed E-state index contributed by atoms with van der Waals surface area (Å²) in [6, 6.07) is 24.5. The summed E-state index contributed by atoms with van der Waals surface area (Å²) in [5.41, 5.74) is 4.42. The van der Waals surface area contributed by atoms with Crippen molar-refractivity contribution in [1.82, 2.24) is 19.2 Å². The largest absolute Gasteiger partial charge is 0.322 e. The molecular weight excluding hydrogens is 472 g/mol. The highest BCUT2D eigenvalue weighted by Crippen LogP contribution is 2.38. The van der Waals surface area contributed by atoms with Crippen LogP contribution in [0.25, 0.3) is 11.5 Å². The quantitative estimate of drug-likeness (QED) is 0.316. The minimum absolute atomic E-state index is 0.226. The van der Waals surface area contributed by atoms with Gasteiger partial charge in [0.15, 0.2) is 0 Å². The van der Waals surface area contributed by atoms with E-state index in [1.54, 1.807) is 11.0 Å². The van der Waals surface area contributed by atoms with E-state index in [1.165, 1.54) is 36.4 Å². The summed E-state index contributed by atoms with van der Waals surface area (Å²) in [7, 11) is 0. The highest BCUT2D eigenvalue weighted by Gasteiger charge is 2.36. The normalized spacial score (nSPS) is 14.6. The first kappa shape index (κ1) is 22.7. The van der Waals surface area contributed by atoms with Gasteiger partial charge in [0, 0.05) is 17.4 Å². The first-order valence-corrected chi connectivity index (χ1v) is 11.9. The summed E-state index contributed by atoms with van der Waals surface area (Å²) >= 11 is 0. The lowest BCUT2D eigenvalue weighted by molar-refractivity contribution is 0.194. The van der Waals surface area contributed by atoms with E-state index in [0.717, 1.165) is 28.5 Å². The minimum Gasteiger partial charge on any atom is -0.308 e. The van der Waals surface area contributed by atoms with Crippen molar-refractivity contribution in [2.75, 3.05) is 5.32 Å². The van der Waals surface area contributed by atoms with Crippen LogP contribution in [0.5, 0.6) is 0 Å². The standard InChI is InChI=1S/C29H23F2N5O/c1-19-25-18-35(29(37)32-23-14-12-21(30)13-15-23)27(20-7-5-8-22(31)17-20)26-11-6-16-34(26)28(25)36(33-19)24-9-3-2-4-10-24/h2-17,27H,18H2,1H3,(H,32,37)/t27-/m0/s1. The fourth-order valence-corrected chi connectivity index (χ4v) is 4.91. The molecule has 2 amide bonds. The minimum atomic E-state index is -0.595. The predicted octanol–water partition coefficient (Wildman–Crippen LogP) is 6.39. The van der Waals surface area contributed by atoms with E-state index >= 15 is 0 Å². The topological polar surface area (TPSA) is 55.1 Å². The number of aromatic nitrogens is 3. The Hall–Kier alpha value is -4.72. The van der Waals surface area contributed by atoms with Gasteiger partial charge in [-0.25, -0.2) is 18.3 Å². The Balaban J connectivity index is 1.53. The zero-order chi connectivity index (χ0) is 25.5. The van der Waals surface area contributed by atoms with Crippen molar-refractivity contribution >= 4 is 11.7 Å². The van der Waals surface area contributed by atoms with E-state index in [2.05, 4.69) is 5.32 Å². The third-order valence-corrected chi connectivity index (χ3v) is 6.61. The lowest BCUT2D eigenvalue weighted by Gasteiger charge is -2.31. The smallest absolute Gasteiger partial charge is 0.308 e. The van der Waals surface area contributed by atoms with Crippen molar-refractivity contribution in [1.29, 1.82) is 0 Å². The van der Waals surface area contributed by atoms with Crippen LogP contribution in [0, 0.1) is 18.6 Å². The summed E-state index contributed by atoms with van der Waals surface area (Å²) < 4.78 is 31.8. The van der Waals surface area contributed by atoms with E-state index in [-0.39, 0.29) is 12.4 Å². The number of rotatable bonds is 3. The number of anilines is 1. The fourth-order valence-electron chi connectivity index (χ4n) is 4.91. The average Bonchev–Trinajstić information content (AvgIpc) is 3.46. The number of nitrogens with zero attached hydrogens (tertiary/aromatic N) is 4. The van der Waals surface area contributed by atoms with E-state index in [0.29, 0.717) is 11.3 Å². The molecule has 1 aliphatic rings. The van der Waals surface area contributed by atoms with Crippen molar-refractivity contribution in [3.05, 3.63) is 131 Å². The maximum atomic E-state index is 14.4. The molecule has 37 heavy (non-hydrogen) atoms. The first-order chi connectivity index (χ1) is 18.0. The van der Waals surface area contributed by atoms with E-state index in [9.17, 15) is 13.6 Å². The van der Waals surface area contributed by atoms with Crippen molar-refractivity contribution in [3.8, 4) is 11.5 Å². The van der Waals surface area contributed by atoms with Gasteiger partial charge >= 0.3 is 6.03 Å². The molecule has 1 atom stereocenters. The molecule has 0 bridgehead atoms. The molecule has 184 valence electrons. The molecule has 2 aromatic heterocycles. The summed E-state index contributed by atoms with van der Waals surface area (Å²) in [6.45, 7) is 2.14. The molecule has 5 aromatic rings. The molecule has 3 aromatic carbocycles. The molecule has 0 saturated heterocycles. The molecule has 6 rings (SSSR count). The lowest BCUT2D eigenvalue weighted by atomic mass is 10.0. The highest BCUT2D eigenvalue weighted by molar-refractivity contribution is 5.90. The maximum absolute atomic E-state index is 14.4. The fraction of sp³-hybridized carbons (Fsp3) is 0.103. The summed E-state index contributed by atoms with van der Waals surface area (Å²) in [6.07, 6.45) is 1.93. The van der Waals surface area contributed by atoms with Gasteiger partial charge in [-0.1, -0.05) is 30.3 Å².